The van der Waals surface area contributed by atoms with E-state index in [1.807, 2.05) is 11.8 Å². The molecule has 0 aliphatic carbocycles. The van der Waals surface area contributed by atoms with Gasteiger partial charge in [-0.25, -0.2) is 22.7 Å². The molecule has 4 rings (SSSR count). The molecule has 3 saturated heterocycles. The lowest BCUT2D eigenvalue weighted by atomic mass is 10.2. The molecule has 2 bridgehead atoms. The number of thioether (sulfide) groups is 1. The Morgan fingerprint density at radius 3 is 2.59 bits per heavy atom. The quantitative estimate of drug-likeness (QED) is 0.790. The standard InChI is InChI=1S/C17H22FN3O4S2/c18-15-7-11(20-8-14(25-17(20)22)5-6-27(19,23)24)3-4-16(15)21-12-1-2-13(21)10-26-9-12/h3-4,7,12-14H,1-2,5-6,8-10H2,(H2,19,23,24)/t12-,13+,14-/m1/s1. The Bertz CT molecular complexity index is 835. The largest absolute Gasteiger partial charge is 0.444 e. The number of primary sulfonamides is 1. The van der Waals surface area contributed by atoms with Gasteiger partial charge in [0.1, 0.15) is 11.9 Å². The smallest absolute Gasteiger partial charge is 0.414 e. The minimum atomic E-state index is -3.62. The lowest BCUT2D eigenvalue weighted by Gasteiger charge is -2.36. The molecule has 3 atom stereocenters. The van der Waals surface area contributed by atoms with Crippen LogP contribution in [0.5, 0.6) is 0 Å². The number of ether oxygens (including phenoxy) is 1. The van der Waals surface area contributed by atoms with E-state index in [2.05, 4.69) is 4.90 Å². The molecule has 3 fully saturated rings. The molecule has 7 nitrogen and oxygen atoms in total. The van der Waals surface area contributed by atoms with Crippen molar-refractivity contribution in [2.75, 3.05) is 33.6 Å². The summed E-state index contributed by atoms with van der Waals surface area (Å²) in [5.41, 5.74) is 1.00. The van der Waals surface area contributed by atoms with Gasteiger partial charge in [-0.1, -0.05) is 0 Å². The van der Waals surface area contributed by atoms with Gasteiger partial charge in [-0.3, -0.25) is 4.90 Å². The number of benzene rings is 1. The Morgan fingerprint density at radius 2 is 1.96 bits per heavy atom. The monoisotopic (exact) mass is 415 g/mol. The molecular formula is C17H22FN3O4S2. The van der Waals surface area contributed by atoms with Crippen molar-refractivity contribution in [3.63, 3.8) is 0 Å². The maximum atomic E-state index is 14.9. The third-order valence-corrected chi connectivity index (χ3v) is 7.41. The summed E-state index contributed by atoms with van der Waals surface area (Å²) < 4.78 is 42.2. The number of carbonyl (C=O) groups excluding carboxylic acids is 1. The van der Waals surface area contributed by atoms with E-state index in [4.69, 9.17) is 9.88 Å². The van der Waals surface area contributed by atoms with Crippen LogP contribution >= 0.6 is 11.8 Å². The molecule has 2 N–H and O–H groups in total. The lowest BCUT2D eigenvalue weighted by molar-refractivity contribution is 0.139. The van der Waals surface area contributed by atoms with Crippen LogP contribution < -0.4 is 14.9 Å². The number of carbonyl (C=O) groups is 1. The predicted octanol–water partition coefficient (Wildman–Crippen LogP) is 1.91. The van der Waals surface area contributed by atoms with Gasteiger partial charge in [0.05, 0.1) is 23.7 Å². The maximum Gasteiger partial charge on any atom is 0.414 e. The van der Waals surface area contributed by atoms with Crippen molar-refractivity contribution in [2.45, 2.75) is 37.5 Å². The summed E-state index contributed by atoms with van der Waals surface area (Å²) in [4.78, 5) is 15.6. The zero-order valence-electron chi connectivity index (χ0n) is 14.7. The first-order chi connectivity index (χ1) is 12.8. The maximum absolute atomic E-state index is 14.9. The average Bonchev–Trinajstić information content (AvgIpc) is 3.08. The number of amides is 1. The number of hydrogen-bond acceptors (Lipinski definition) is 6. The molecule has 1 amide bonds. The lowest BCUT2D eigenvalue weighted by Crippen LogP contribution is -2.43. The third kappa shape index (κ3) is 3.88. The van der Waals surface area contributed by atoms with E-state index >= 15 is 0 Å². The SMILES string of the molecule is NS(=O)(=O)CC[C@@H]1CN(c2ccc(N3[C@@H]4CC[C@H]3CSC4)c(F)c2)C(=O)O1. The van der Waals surface area contributed by atoms with Gasteiger partial charge < -0.3 is 9.64 Å². The Labute approximate surface area is 162 Å². The molecule has 3 aliphatic rings. The van der Waals surface area contributed by atoms with Gasteiger partial charge in [-0.15, -0.1) is 0 Å². The molecule has 1 aromatic rings. The molecule has 3 heterocycles. The summed E-state index contributed by atoms with van der Waals surface area (Å²) in [7, 11) is -3.62. The summed E-state index contributed by atoms with van der Waals surface area (Å²) in [5.74, 6) is 1.42. The predicted molar refractivity (Wildman–Crippen MR) is 103 cm³/mol. The van der Waals surface area contributed by atoms with Crippen LogP contribution in [0, 0.1) is 5.82 Å². The molecular weight excluding hydrogens is 393 g/mol. The molecule has 0 aromatic heterocycles. The van der Waals surface area contributed by atoms with E-state index in [1.54, 1.807) is 12.1 Å². The number of anilines is 2. The summed E-state index contributed by atoms with van der Waals surface area (Å²) in [6.45, 7) is 0.179. The van der Waals surface area contributed by atoms with Crippen molar-refractivity contribution >= 4 is 39.3 Å². The second-order valence-electron chi connectivity index (χ2n) is 7.24. The van der Waals surface area contributed by atoms with Gasteiger partial charge >= 0.3 is 6.09 Å². The van der Waals surface area contributed by atoms with Crippen molar-refractivity contribution in [1.29, 1.82) is 0 Å². The summed E-state index contributed by atoms with van der Waals surface area (Å²) in [5, 5.41) is 4.99. The van der Waals surface area contributed by atoms with Gasteiger partial charge in [0.15, 0.2) is 0 Å². The molecule has 10 heteroatoms. The number of cyclic esters (lactones) is 1. The van der Waals surface area contributed by atoms with Gasteiger partial charge in [-0.2, -0.15) is 11.8 Å². The average molecular weight is 416 g/mol. The molecule has 148 valence electrons. The molecule has 3 aliphatic heterocycles. The van der Waals surface area contributed by atoms with Crippen molar-refractivity contribution in [2.24, 2.45) is 5.14 Å². The number of sulfonamides is 1. The van der Waals surface area contributed by atoms with Crippen molar-refractivity contribution in [3.05, 3.63) is 24.0 Å². The first-order valence-electron chi connectivity index (χ1n) is 8.96. The van der Waals surface area contributed by atoms with E-state index in [0.29, 0.717) is 23.5 Å². The van der Waals surface area contributed by atoms with Crippen LogP contribution in [0.1, 0.15) is 19.3 Å². The van der Waals surface area contributed by atoms with E-state index in [9.17, 15) is 17.6 Å². The van der Waals surface area contributed by atoms with E-state index in [0.717, 1.165) is 24.3 Å². The number of nitrogens with zero attached hydrogens (tertiary/aromatic N) is 2. The fourth-order valence-corrected chi connectivity index (χ4v) is 6.00. The number of nitrogens with two attached hydrogens (primary N) is 1. The summed E-state index contributed by atoms with van der Waals surface area (Å²) in [6, 6.07) is 5.56. The van der Waals surface area contributed by atoms with E-state index in [-0.39, 0.29) is 24.5 Å². The van der Waals surface area contributed by atoms with Gasteiger partial charge in [0.25, 0.3) is 0 Å². The van der Waals surface area contributed by atoms with Crippen LogP contribution in [-0.2, 0) is 14.8 Å². The Kier molecular flexibility index (Phi) is 4.98. The molecule has 0 radical (unpaired) electrons. The highest BCUT2D eigenvalue weighted by molar-refractivity contribution is 7.99. The first-order valence-corrected chi connectivity index (χ1v) is 11.8. The summed E-state index contributed by atoms with van der Waals surface area (Å²) in [6.07, 6.45) is 1.12. The van der Waals surface area contributed by atoms with Crippen molar-refractivity contribution < 1.29 is 22.3 Å². The van der Waals surface area contributed by atoms with Crippen LogP contribution in [-0.4, -0.2) is 56.5 Å². The van der Waals surface area contributed by atoms with Crippen LogP contribution in [0.2, 0.25) is 0 Å². The van der Waals surface area contributed by atoms with Gasteiger partial charge in [-0.05, 0) is 31.0 Å². The highest BCUT2D eigenvalue weighted by Crippen LogP contribution is 2.40. The normalized spacial score (nSPS) is 27.9. The second kappa shape index (κ2) is 7.14. The Morgan fingerprint density at radius 1 is 1.26 bits per heavy atom. The Balaban J connectivity index is 1.49. The summed E-state index contributed by atoms with van der Waals surface area (Å²) >= 11 is 1.92. The number of fused-ring (bicyclic) bond motifs is 2. The fourth-order valence-electron chi connectivity index (χ4n) is 4.07. The second-order valence-corrected chi connectivity index (χ2v) is 10.0. The number of hydrogen-bond donors (Lipinski definition) is 1. The first kappa shape index (κ1) is 18.8. The van der Waals surface area contributed by atoms with Gasteiger partial charge in [0.2, 0.25) is 10.0 Å². The van der Waals surface area contributed by atoms with Crippen LogP contribution in [0.15, 0.2) is 18.2 Å². The van der Waals surface area contributed by atoms with Gasteiger partial charge in [0, 0.05) is 30.0 Å². The fraction of sp³-hybridized carbons (Fsp3) is 0.588. The van der Waals surface area contributed by atoms with Crippen LogP contribution in [0.3, 0.4) is 0 Å². The molecule has 1 aromatic carbocycles. The minimum Gasteiger partial charge on any atom is -0.444 e. The molecule has 0 unspecified atom stereocenters. The zero-order chi connectivity index (χ0) is 19.2. The third-order valence-electron chi connectivity index (χ3n) is 5.36. The molecule has 0 spiro atoms. The van der Waals surface area contributed by atoms with E-state index < -0.39 is 22.2 Å². The highest BCUT2D eigenvalue weighted by Gasteiger charge is 2.39. The molecule has 27 heavy (non-hydrogen) atoms. The van der Waals surface area contributed by atoms with Crippen molar-refractivity contribution in [3.8, 4) is 0 Å². The van der Waals surface area contributed by atoms with Crippen LogP contribution in [0.4, 0.5) is 20.6 Å². The minimum absolute atomic E-state index is 0.121. The Hall–Kier alpha value is -1.52. The van der Waals surface area contributed by atoms with Crippen molar-refractivity contribution in [1.82, 2.24) is 0 Å². The van der Waals surface area contributed by atoms with E-state index in [1.165, 1.54) is 11.0 Å². The molecule has 0 saturated carbocycles. The number of halogens is 1. The number of rotatable bonds is 5. The zero-order valence-corrected chi connectivity index (χ0v) is 16.3. The van der Waals surface area contributed by atoms with Crippen LogP contribution in [0.25, 0.3) is 0 Å². The topological polar surface area (TPSA) is 92.9 Å². The highest BCUT2D eigenvalue weighted by atomic mass is 32.2.